The van der Waals surface area contributed by atoms with Crippen molar-refractivity contribution < 1.29 is 28.9 Å². The minimum atomic E-state index is -0.821. The SMILES string of the molecule is COC(=O)[C@H](Cc1ccccc1)NC(=O)NCc1cccc(-c2cccc([C@@H]3O[C@H](CSc4ncccn4)[C@H](C)[C@H](c4ccc(CO)cc4)O3)c2)c1. The van der Waals surface area contributed by atoms with Crippen LogP contribution in [-0.2, 0) is 38.6 Å². The van der Waals surface area contributed by atoms with E-state index in [2.05, 4.69) is 33.6 Å². The molecular weight excluding hydrogens is 677 g/mol. The van der Waals surface area contributed by atoms with Crippen LogP contribution in [0, 0.1) is 5.92 Å². The van der Waals surface area contributed by atoms with Crippen molar-refractivity contribution in [2.75, 3.05) is 12.9 Å². The number of nitrogens with one attached hydrogen (secondary N) is 2. The number of aromatic nitrogens is 2. The molecule has 5 atom stereocenters. The van der Waals surface area contributed by atoms with Crippen LogP contribution in [-0.4, -0.2) is 52.1 Å². The molecule has 5 aromatic rings. The van der Waals surface area contributed by atoms with E-state index in [4.69, 9.17) is 14.2 Å². The smallest absolute Gasteiger partial charge is 0.328 e. The first kappa shape index (κ1) is 36.7. The highest BCUT2D eigenvalue weighted by atomic mass is 32.2. The van der Waals surface area contributed by atoms with Crippen molar-refractivity contribution in [2.45, 2.75) is 56.2 Å². The van der Waals surface area contributed by atoms with Gasteiger partial charge in [-0.2, -0.15) is 0 Å². The Hall–Kier alpha value is -5.07. The quantitative estimate of drug-likeness (QED) is 0.0683. The van der Waals surface area contributed by atoms with Gasteiger partial charge in [-0.3, -0.25) is 0 Å². The molecule has 0 bridgehead atoms. The van der Waals surface area contributed by atoms with Crippen molar-refractivity contribution in [3.05, 3.63) is 149 Å². The second-order valence-corrected chi connectivity index (χ2v) is 13.6. The number of methoxy groups -OCH3 is 1. The Morgan fingerprint density at radius 1 is 0.827 bits per heavy atom. The third-order valence-corrected chi connectivity index (χ3v) is 9.95. The molecule has 2 amide bonds. The molecule has 0 unspecified atom stereocenters. The monoisotopic (exact) mass is 718 g/mol. The van der Waals surface area contributed by atoms with Crippen molar-refractivity contribution in [3.63, 3.8) is 0 Å². The molecule has 0 aliphatic carbocycles. The molecule has 1 saturated heterocycles. The zero-order chi connectivity index (χ0) is 36.3. The molecule has 3 N–H and O–H groups in total. The first-order chi connectivity index (χ1) is 25.4. The molecule has 1 aliphatic heterocycles. The molecule has 52 heavy (non-hydrogen) atoms. The van der Waals surface area contributed by atoms with E-state index in [9.17, 15) is 14.7 Å². The van der Waals surface area contributed by atoms with E-state index in [-0.39, 0.29) is 31.3 Å². The van der Waals surface area contributed by atoms with E-state index in [1.54, 1.807) is 30.2 Å². The summed E-state index contributed by atoms with van der Waals surface area (Å²) in [6, 6.07) is 33.9. The highest BCUT2D eigenvalue weighted by molar-refractivity contribution is 7.99. The van der Waals surface area contributed by atoms with Crippen LogP contribution in [0.3, 0.4) is 0 Å². The summed E-state index contributed by atoms with van der Waals surface area (Å²) in [6.45, 7) is 2.37. The standard InChI is InChI=1S/C41H42N4O6S/c1-27-36(26-52-41-42-19-8-20-43-41)50-39(51-37(27)31-17-15-29(25-46)16-18-31)34-14-7-13-33(23-34)32-12-6-11-30(21-32)24-44-40(48)45-35(38(47)49-2)22-28-9-4-3-5-10-28/h3-21,23,27,35-37,39,46H,22,24-26H2,1-2H3,(H2,44,45,48)/t27-,35-,36+,37+,39+/m0/s1. The number of amides is 2. The number of ether oxygens (including phenoxy) is 3. The van der Waals surface area contributed by atoms with Gasteiger partial charge in [-0.25, -0.2) is 19.6 Å². The molecule has 0 radical (unpaired) electrons. The molecule has 1 aliphatic rings. The second kappa shape index (κ2) is 17.9. The molecule has 4 aromatic carbocycles. The topological polar surface area (TPSA) is 132 Å². The molecule has 10 nitrogen and oxygen atoms in total. The Balaban J connectivity index is 1.15. The van der Waals surface area contributed by atoms with Crippen LogP contribution >= 0.6 is 11.8 Å². The molecule has 1 fully saturated rings. The Morgan fingerprint density at radius 3 is 2.27 bits per heavy atom. The number of urea groups is 1. The van der Waals surface area contributed by atoms with Crippen LogP contribution in [0.1, 0.15) is 47.1 Å². The van der Waals surface area contributed by atoms with Crippen molar-refractivity contribution in [2.24, 2.45) is 5.92 Å². The predicted molar refractivity (Wildman–Crippen MR) is 199 cm³/mol. The number of carbonyl (C=O) groups is 2. The van der Waals surface area contributed by atoms with E-state index >= 15 is 0 Å². The summed E-state index contributed by atoms with van der Waals surface area (Å²) < 4.78 is 18.3. The average Bonchev–Trinajstić information content (AvgIpc) is 3.20. The number of rotatable bonds is 13. The Morgan fingerprint density at radius 2 is 1.54 bits per heavy atom. The third kappa shape index (κ3) is 9.62. The lowest BCUT2D eigenvalue weighted by atomic mass is 9.91. The number of carbonyl (C=O) groups excluding carboxylic acids is 2. The van der Waals surface area contributed by atoms with Gasteiger partial charge >= 0.3 is 12.0 Å². The lowest BCUT2D eigenvalue weighted by Gasteiger charge is -2.41. The summed E-state index contributed by atoms with van der Waals surface area (Å²) >= 11 is 1.55. The largest absolute Gasteiger partial charge is 0.467 e. The van der Waals surface area contributed by atoms with Gasteiger partial charge in [-0.05, 0) is 51.6 Å². The fourth-order valence-corrected chi connectivity index (χ4v) is 7.10. The zero-order valence-corrected chi connectivity index (χ0v) is 29.9. The number of aliphatic hydroxyl groups is 1. The van der Waals surface area contributed by atoms with Gasteiger partial charge < -0.3 is 30.0 Å². The number of benzene rings is 4. The van der Waals surface area contributed by atoms with Gasteiger partial charge in [0.1, 0.15) is 6.04 Å². The average molecular weight is 719 g/mol. The number of thioether (sulfide) groups is 1. The van der Waals surface area contributed by atoms with E-state index < -0.39 is 24.3 Å². The summed E-state index contributed by atoms with van der Waals surface area (Å²) in [5.41, 5.74) is 6.47. The van der Waals surface area contributed by atoms with Crippen molar-refractivity contribution in [1.29, 1.82) is 0 Å². The number of nitrogens with zero attached hydrogens (tertiary/aromatic N) is 2. The highest BCUT2D eigenvalue weighted by Crippen LogP contribution is 2.43. The van der Waals surface area contributed by atoms with Crippen LogP contribution < -0.4 is 10.6 Å². The molecule has 11 heteroatoms. The van der Waals surface area contributed by atoms with Crippen molar-refractivity contribution >= 4 is 23.8 Å². The maximum Gasteiger partial charge on any atom is 0.328 e. The maximum atomic E-state index is 12.9. The lowest BCUT2D eigenvalue weighted by Crippen LogP contribution is -2.47. The van der Waals surface area contributed by atoms with Crippen LogP contribution in [0.25, 0.3) is 11.1 Å². The molecular formula is C41H42N4O6S. The summed E-state index contributed by atoms with van der Waals surface area (Å²) in [6.07, 6.45) is 2.74. The summed E-state index contributed by atoms with van der Waals surface area (Å²) in [4.78, 5) is 34.0. The molecule has 2 heterocycles. The molecule has 1 aromatic heterocycles. The minimum absolute atomic E-state index is 0.0225. The first-order valence-electron chi connectivity index (χ1n) is 17.2. The van der Waals surface area contributed by atoms with Crippen LogP contribution in [0.4, 0.5) is 4.79 Å². The summed E-state index contributed by atoms with van der Waals surface area (Å²) in [5.74, 6) is 0.159. The van der Waals surface area contributed by atoms with E-state index in [0.717, 1.165) is 38.9 Å². The Bertz CT molecular complexity index is 1910. The van der Waals surface area contributed by atoms with Gasteiger partial charge in [0.15, 0.2) is 11.4 Å². The third-order valence-electron chi connectivity index (χ3n) is 8.99. The van der Waals surface area contributed by atoms with Gasteiger partial charge in [0, 0.05) is 42.6 Å². The van der Waals surface area contributed by atoms with Gasteiger partial charge in [-0.15, -0.1) is 0 Å². The fourth-order valence-electron chi connectivity index (χ4n) is 6.13. The van der Waals surface area contributed by atoms with Crippen LogP contribution in [0.2, 0.25) is 0 Å². The molecule has 0 saturated carbocycles. The Labute approximate surface area is 308 Å². The zero-order valence-electron chi connectivity index (χ0n) is 29.1. The van der Waals surface area contributed by atoms with E-state index in [1.165, 1.54) is 7.11 Å². The lowest BCUT2D eigenvalue weighted by molar-refractivity contribution is -0.268. The summed E-state index contributed by atoms with van der Waals surface area (Å²) in [7, 11) is 1.31. The van der Waals surface area contributed by atoms with Crippen molar-refractivity contribution in [1.82, 2.24) is 20.6 Å². The van der Waals surface area contributed by atoms with Crippen LogP contribution in [0.15, 0.2) is 127 Å². The molecule has 0 spiro atoms. The van der Waals surface area contributed by atoms with Crippen LogP contribution in [0.5, 0.6) is 0 Å². The second-order valence-electron chi connectivity index (χ2n) is 12.6. The van der Waals surface area contributed by atoms with E-state index in [0.29, 0.717) is 17.3 Å². The maximum absolute atomic E-state index is 12.9. The Kier molecular flexibility index (Phi) is 12.7. The predicted octanol–water partition coefficient (Wildman–Crippen LogP) is 6.80. The van der Waals surface area contributed by atoms with Gasteiger partial charge in [0.05, 0.1) is 25.9 Å². The fraction of sp³-hybridized carbons (Fsp3) is 0.268. The summed E-state index contributed by atoms with van der Waals surface area (Å²) in [5, 5.41) is 15.9. The number of hydrogen-bond acceptors (Lipinski definition) is 9. The minimum Gasteiger partial charge on any atom is -0.467 e. The van der Waals surface area contributed by atoms with Gasteiger partial charge in [-0.1, -0.05) is 110 Å². The number of aliphatic hydroxyl groups excluding tert-OH is 1. The van der Waals surface area contributed by atoms with Gasteiger partial charge in [0.25, 0.3) is 0 Å². The van der Waals surface area contributed by atoms with Crippen molar-refractivity contribution in [3.8, 4) is 11.1 Å². The van der Waals surface area contributed by atoms with Gasteiger partial charge in [0.2, 0.25) is 0 Å². The van der Waals surface area contributed by atoms with E-state index in [1.807, 2.05) is 97.1 Å². The highest BCUT2D eigenvalue weighted by Gasteiger charge is 2.38. The number of esters is 1. The normalized spacial score (nSPS) is 19.0. The molecule has 268 valence electrons. The first-order valence-corrected chi connectivity index (χ1v) is 18.1. The molecule has 6 rings (SSSR count). The number of hydrogen-bond donors (Lipinski definition) is 3.